The molecule has 63 heavy (non-hydrogen) atoms. The number of allylic oxidation sites excluding steroid dienone is 1. The molecule has 4 bridgehead atoms. The van der Waals surface area contributed by atoms with Crippen LogP contribution in [-0.2, 0) is 30.4 Å². The number of unbranched alkanes of at least 4 members (excludes halogenated alkanes) is 2. The number of rotatable bonds is 18. The van der Waals surface area contributed by atoms with E-state index in [-0.39, 0.29) is 55.0 Å². The summed E-state index contributed by atoms with van der Waals surface area (Å²) >= 11 is 0. The quantitative estimate of drug-likeness (QED) is 0.0537. The Kier molecular flexibility index (Phi) is 18.0. The molecule has 0 aliphatic carbocycles. The van der Waals surface area contributed by atoms with Crippen LogP contribution in [0.4, 0.5) is 0 Å². The minimum Gasteiger partial charge on any atom is -0.507 e. The van der Waals surface area contributed by atoms with Crippen LogP contribution in [0.1, 0.15) is 83.0 Å². The zero-order valence-electron chi connectivity index (χ0n) is 37.0. The van der Waals surface area contributed by atoms with Gasteiger partial charge in [0.15, 0.2) is 0 Å². The zero-order valence-corrected chi connectivity index (χ0v) is 37.0. The van der Waals surface area contributed by atoms with Gasteiger partial charge in [0.25, 0.3) is 5.91 Å². The Morgan fingerprint density at radius 3 is 2.29 bits per heavy atom. The number of hydrogen-bond acceptors (Lipinski definition) is 11. The molecule has 3 aromatic carbocycles. The largest absolute Gasteiger partial charge is 0.507 e. The molecule has 338 valence electrons. The molecule has 4 atom stereocenters. The molecular formula is C47H61N7O9. The molecule has 16 nitrogen and oxygen atoms in total. The molecular weight excluding hydrogens is 807 g/mol. The highest BCUT2D eigenvalue weighted by atomic mass is 16.5. The summed E-state index contributed by atoms with van der Waals surface area (Å²) < 4.78 is 11.8. The first-order valence-electron chi connectivity index (χ1n) is 21.1. The number of amides is 4. The Morgan fingerprint density at radius 1 is 0.937 bits per heavy atom. The lowest BCUT2D eigenvalue weighted by atomic mass is 9.93. The van der Waals surface area contributed by atoms with Gasteiger partial charge in [-0.15, -0.1) is 0 Å². The summed E-state index contributed by atoms with van der Waals surface area (Å²) in [6.07, 6.45) is 2.99. The van der Waals surface area contributed by atoms with Crippen molar-refractivity contribution in [1.82, 2.24) is 20.9 Å². The fraction of sp³-hybridized carbons (Fsp3) is 0.404. The van der Waals surface area contributed by atoms with E-state index in [0.717, 1.165) is 35.5 Å². The highest BCUT2D eigenvalue weighted by molar-refractivity contribution is 6.22. The second-order valence-corrected chi connectivity index (χ2v) is 15.6. The third-order valence-corrected chi connectivity index (χ3v) is 10.5. The maximum atomic E-state index is 14.6. The molecule has 0 saturated carbocycles. The highest BCUT2D eigenvalue weighted by Gasteiger charge is 2.36. The van der Waals surface area contributed by atoms with E-state index in [0.29, 0.717) is 40.5 Å². The van der Waals surface area contributed by atoms with Crippen LogP contribution in [0.3, 0.4) is 0 Å². The van der Waals surface area contributed by atoms with Crippen LogP contribution in [0.2, 0.25) is 0 Å². The Morgan fingerprint density at radius 2 is 1.65 bits per heavy atom. The summed E-state index contributed by atoms with van der Waals surface area (Å²) in [5.74, 6) is -3.34. The second kappa shape index (κ2) is 23.1. The van der Waals surface area contributed by atoms with Gasteiger partial charge < -0.3 is 52.0 Å². The first kappa shape index (κ1) is 49.1. The highest BCUT2D eigenvalue weighted by Crippen LogP contribution is 2.39. The molecule has 3 aromatic rings. The molecule has 9 N–H and O–H groups in total. The van der Waals surface area contributed by atoms with Crippen molar-refractivity contribution in [3.63, 3.8) is 0 Å². The molecule has 0 saturated heterocycles. The maximum Gasteiger partial charge on any atom is 0.326 e. The van der Waals surface area contributed by atoms with Gasteiger partial charge in [0.05, 0.1) is 23.6 Å². The predicted octanol–water partition coefficient (Wildman–Crippen LogP) is 4.40. The molecule has 1 heterocycles. The smallest absolute Gasteiger partial charge is 0.326 e. The third-order valence-electron chi connectivity index (χ3n) is 10.5. The lowest BCUT2D eigenvalue weighted by Gasteiger charge is -2.32. The van der Waals surface area contributed by atoms with Crippen LogP contribution in [0.15, 0.2) is 83.4 Å². The minimum atomic E-state index is -1.43. The Hall–Kier alpha value is -6.52. The Balaban J connectivity index is 1.71. The van der Waals surface area contributed by atoms with Crippen molar-refractivity contribution in [3.8, 4) is 28.4 Å². The molecule has 16 heteroatoms. The van der Waals surface area contributed by atoms with Crippen LogP contribution in [-0.4, -0.2) is 102 Å². The number of phenolic OH excluding ortho intramolecular Hbond substituents is 1. The summed E-state index contributed by atoms with van der Waals surface area (Å²) in [5.41, 5.74) is 15.4. The van der Waals surface area contributed by atoms with E-state index in [9.17, 15) is 34.2 Å². The average Bonchev–Trinajstić information content (AvgIpc) is 3.24. The van der Waals surface area contributed by atoms with E-state index in [1.807, 2.05) is 24.3 Å². The van der Waals surface area contributed by atoms with E-state index < -0.39 is 53.8 Å². The monoisotopic (exact) mass is 867 g/mol. The van der Waals surface area contributed by atoms with Gasteiger partial charge in [-0.25, -0.2) is 4.79 Å². The Labute approximate surface area is 368 Å². The number of fused-ring (bicyclic) bond motifs is 5. The van der Waals surface area contributed by atoms with Crippen molar-refractivity contribution in [3.05, 3.63) is 95.1 Å². The van der Waals surface area contributed by atoms with Crippen LogP contribution < -0.4 is 36.9 Å². The van der Waals surface area contributed by atoms with Crippen LogP contribution >= 0.6 is 0 Å². The summed E-state index contributed by atoms with van der Waals surface area (Å²) in [6.45, 7) is 13.7. The standard InChI is InChI=1S/C47H61N7O9/c1-8-9-10-22-62-34-15-12-32(13-16-34)28(4)50-29(5)41(27(2)3)44(57)52-37(19-20-48)46(59)54(7)42-33-14-18-40(63-23-21-49)36(26-33)35-24-31(11-17-39(35)55)25-38(47(60)61)53-43(56)30(6)51-45(42)58/h11-18,24,26,30,37-38,42,55H,4,8-10,19-23,25,48-49H2,1-3,5-7H3,(H,51,58)(H,52,57)(H,53,56)(H,60,61)/t30-,37-,38?,42?/m0/s1. The fourth-order valence-electron chi connectivity index (χ4n) is 7.18. The molecule has 1 aliphatic heterocycles. The summed E-state index contributed by atoms with van der Waals surface area (Å²) in [6, 6.07) is 11.3. The topological polar surface area (TPSA) is 248 Å². The van der Waals surface area contributed by atoms with Gasteiger partial charge in [0.2, 0.25) is 17.7 Å². The maximum absolute atomic E-state index is 14.6. The number of phenols is 1. The van der Waals surface area contributed by atoms with Gasteiger partial charge in [-0.3, -0.25) is 24.2 Å². The van der Waals surface area contributed by atoms with Gasteiger partial charge in [0.1, 0.15) is 48.0 Å². The summed E-state index contributed by atoms with van der Waals surface area (Å²) in [4.78, 5) is 74.5. The number of benzene rings is 3. The van der Waals surface area contributed by atoms with Gasteiger partial charge in [-0.05, 0) is 112 Å². The van der Waals surface area contributed by atoms with Crippen molar-refractivity contribution in [2.75, 3.05) is 33.4 Å². The van der Waals surface area contributed by atoms with Crippen molar-refractivity contribution < 1.29 is 43.7 Å². The lowest BCUT2D eigenvalue weighted by molar-refractivity contribution is -0.143. The fourth-order valence-corrected chi connectivity index (χ4v) is 7.18. The molecule has 0 aromatic heterocycles. The number of carbonyl (C=O) groups is 5. The number of aromatic hydroxyl groups is 1. The minimum absolute atomic E-state index is 0.0113. The van der Waals surface area contributed by atoms with Crippen molar-refractivity contribution in [2.45, 2.75) is 90.9 Å². The number of ether oxygens (including phenoxy) is 2. The number of aliphatic imine (C=N–C) groups is 1. The molecule has 1 aliphatic rings. The van der Waals surface area contributed by atoms with E-state index in [1.54, 1.807) is 45.0 Å². The molecule has 2 unspecified atom stereocenters. The number of aliphatic carboxylic acids is 1. The van der Waals surface area contributed by atoms with E-state index >= 15 is 0 Å². The summed E-state index contributed by atoms with van der Waals surface area (Å²) in [7, 11) is 1.38. The number of nitrogens with two attached hydrogens (primary N) is 2. The first-order chi connectivity index (χ1) is 30.0. The average molecular weight is 868 g/mol. The normalized spacial score (nSPS) is 17.0. The number of nitrogens with one attached hydrogen (secondary N) is 3. The van der Waals surface area contributed by atoms with Gasteiger partial charge in [0, 0.05) is 31.1 Å². The molecule has 4 rings (SSSR count). The molecule has 0 radical (unpaired) electrons. The van der Waals surface area contributed by atoms with Crippen LogP contribution in [0.25, 0.3) is 16.8 Å². The SMILES string of the molecule is C=C(N=C(C)C(C(=O)N[C@@H](CCN)C(=O)N(C)C1C(=O)N[C@@H](C)C(=O)NC(C(=O)O)Cc2ccc(O)c(c2)-c2cc1ccc2OCCN)=C(C)C)c1ccc(OCCCCC)cc1. The number of carbonyl (C=O) groups excluding carboxylic acids is 4. The van der Waals surface area contributed by atoms with Crippen molar-refractivity contribution >= 4 is 41.0 Å². The number of likely N-dealkylation sites (N-methyl/N-ethyl adjacent to an activating group) is 1. The van der Waals surface area contributed by atoms with Crippen LogP contribution in [0, 0.1) is 0 Å². The first-order valence-corrected chi connectivity index (χ1v) is 21.1. The van der Waals surface area contributed by atoms with E-state index in [4.69, 9.17) is 20.9 Å². The van der Waals surface area contributed by atoms with Crippen LogP contribution in [0.5, 0.6) is 17.2 Å². The van der Waals surface area contributed by atoms with Gasteiger partial charge in [-0.2, -0.15) is 0 Å². The summed E-state index contributed by atoms with van der Waals surface area (Å²) in [5, 5.41) is 29.1. The van der Waals surface area contributed by atoms with Gasteiger partial charge in [-0.1, -0.05) is 44.1 Å². The number of carboxylic acids is 1. The third kappa shape index (κ3) is 13.0. The zero-order chi connectivity index (χ0) is 46.4. The van der Waals surface area contributed by atoms with Crippen molar-refractivity contribution in [2.24, 2.45) is 16.5 Å². The number of hydrogen-bond donors (Lipinski definition) is 7. The lowest BCUT2D eigenvalue weighted by Crippen LogP contribution is -2.55. The van der Waals surface area contributed by atoms with E-state index in [2.05, 4.69) is 34.4 Å². The number of nitrogens with zero attached hydrogens (tertiary/aromatic N) is 2. The van der Waals surface area contributed by atoms with Gasteiger partial charge >= 0.3 is 5.97 Å². The predicted molar refractivity (Wildman–Crippen MR) is 242 cm³/mol. The molecule has 0 spiro atoms. The Bertz CT molecular complexity index is 2220. The number of carboxylic acid groups (broad SMARTS) is 1. The van der Waals surface area contributed by atoms with Crippen molar-refractivity contribution in [1.29, 1.82) is 0 Å². The molecule has 4 amide bonds. The van der Waals surface area contributed by atoms with E-state index in [1.165, 1.54) is 26.1 Å². The molecule has 0 fully saturated rings. The second-order valence-electron chi connectivity index (χ2n) is 15.6.